The number of hydrogen-bond acceptors (Lipinski definition) is 0. The lowest BCUT2D eigenvalue weighted by atomic mass is 10.1. The Labute approximate surface area is 151 Å². The van der Waals surface area contributed by atoms with Gasteiger partial charge in [-0.2, -0.15) is 0 Å². The van der Waals surface area contributed by atoms with E-state index in [1.165, 1.54) is 108 Å². The van der Waals surface area contributed by atoms with Crippen LogP contribution in [-0.2, 0) is 13.0 Å². The molecule has 0 unspecified atom stereocenters. The molecule has 1 rings (SSSR count). The van der Waals surface area contributed by atoms with Gasteiger partial charge in [0.15, 0.2) is 12.4 Å². The SMILES string of the molecule is CCCCCCCCCCCC[n+]1ccc(CCCCCC)cc1. The molecule has 1 aromatic rings. The summed E-state index contributed by atoms with van der Waals surface area (Å²) in [6.45, 7) is 5.75. The molecule has 138 valence electrons. The summed E-state index contributed by atoms with van der Waals surface area (Å²) in [5, 5.41) is 0. The summed E-state index contributed by atoms with van der Waals surface area (Å²) in [7, 11) is 0. The molecule has 0 aliphatic heterocycles. The lowest BCUT2D eigenvalue weighted by molar-refractivity contribution is -0.697. The molecule has 1 heterocycles. The molecule has 0 atom stereocenters. The van der Waals surface area contributed by atoms with Crippen molar-refractivity contribution in [3.8, 4) is 0 Å². The predicted octanol–water partition coefficient (Wildman–Crippen LogP) is 7.02. The molecule has 0 fully saturated rings. The first kappa shape index (κ1) is 21.2. The van der Waals surface area contributed by atoms with Gasteiger partial charge in [-0.25, -0.2) is 4.57 Å². The second kappa shape index (κ2) is 15.7. The van der Waals surface area contributed by atoms with E-state index in [1.807, 2.05) is 0 Å². The van der Waals surface area contributed by atoms with Crippen LogP contribution in [0.15, 0.2) is 24.5 Å². The maximum atomic E-state index is 2.36. The van der Waals surface area contributed by atoms with Gasteiger partial charge in [0.05, 0.1) is 0 Å². The number of aromatic nitrogens is 1. The molecule has 1 aromatic heterocycles. The van der Waals surface area contributed by atoms with Gasteiger partial charge in [0, 0.05) is 18.6 Å². The number of pyridine rings is 1. The van der Waals surface area contributed by atoms with Gasteiger partial charge in [-0.05, 0) is 24.8 Å². The molecule has 1 heteroatoms. The van der Waals surface area contributed by atoms with Crippen molar-refractivity contribution < 1.29 is 4.57 Å². The number of aryl methyl sites for hydroxylation is 2. The van der Waals surface area contributed by atoms with E-state index in [9.17, 15) is 0 Å². The second-order valence-corrected chi connectivity index (χ2v) is 7.44. The zero-order valence-electron chi connectivity index (χ0n) is 16.6. The quantitative estimate of drug-likeness (QED) is 0.226. The van der Waals surface area contributed by atoms with Crippen molar-refractivity contribution in [3.63, 3.8) is 0 Å². The average molecular weight is 333 g/mol. The maximum absolute atomic E-state index is 2.36. The van der Waals surface area contributed by atoms with E-state index in [0.29, 0.717) is 0 Å². The summed E-state index contributed by atoms with van der Waals surface area (Å²) in [4.78, 5) is 0. The third kappa shape index (κ3) is 11.6. The van der Waals surface area contributed by atoms with Crippen LogP contribution in [0.3, 0.4) is 0 Å². The van der Waals surface area contributed by atoms with E-state index in [2.05, 4.69) is 42.9 Å². The van der Waals surface area contributed by atoms with Crippen molar-refractivity contribution in [1.29, 1.82) is 0 Å². The molecule has 0 N–H and O–H groups in total. The highest BCUT2D eigenvalue weighted by Gasteiger charge is 2.01. The molecule has 0 aromatic carbocycles. The lowest BCUT2D eigenvalue weighted by Crippen LogP contribution is -2.32. The molecule has 0 amide bonds. The monoisotopic (exact) mass is 332 g/mol. The van der Waals surface area contributed by atoms with E-state index in [-0.39, 0.29) is 0 Å². The second-order valence-electron chi connectivity index (χ2n) is 7.44. The fourth-order valence-electron chi connectivity index (χ4n) is 3.34. The molecular weight excluding hydrogens is 290 g/mol. The first-order valence-corrected chi connectivity index (χ1v) is 10.8. The van der Waals surface area contributed by atoms with Crippen LogP contribution in [0.25, 0.3) is 0 Å². The summed E-state index contributed by atoms with van der Waals surface area (Å²) in [5.74, 6) is 0. The Morgan fingerprint density at radius 1 is 0.583 bits per heavy atom. The molecular formula is C23H42N+. The topological polar surface area (TPSA) is 3.88 Å². The van der Waals surface area contributed by atoms with Crippen LogP contribution >= 0.6 is 0 Å². The van der Waals surface area contributed by atoms with Gasteiger partial charge in [0.25, 0.3) is 0 Å². The van der Waals surface area contributed by atoms with E-state index in [4.69, 9.17) is 0 Å². The molecule has 0 aliphatic rings. The maximum Gasteiger partial charge on any atom is 0.169 e. The fraction of sp³-hybridized carbons (Fsp3) is 0.783. The van der Waals surface area contributed by atoms with Gasteiger partial charge in [-0.15, -0.1) is 0 Å². The van der Waals surface area contributed by atoms with E-state index < -0.39 is 0 Å². The van der Waals surface area contributed by atoms with Gasteiger partial charge >= 0.3 is 0 Å². The fourth-order valence-corrected chi connectivity index (χ4v) is 3.34. The highest BCUT2D eigenvalue weighted by Crippen LogP contribution is 2.10. The van der Waals surface area contributed by atoms with Crippen LogP contribution in [0.2, 0.25) is 0 Å². The summed E-state index contributed by atoms with van der Waals surface area (Å²) < 4.78 is 2.36. The first-order valence-electron chi connectivity index (χ1n) is 10.8. The minimum absolute atomic E-state index is 1.19. The Kier molecular flexibility index (Phi) is 13.8. The molecule has 0 bridgehead atoms. The van der Waals surface area contributed by atoms with Crippen molar-refractivity contribution in [2.24, 2.45) is 0 Å². The minimum atomic E-state index is 1.19. The summed E-state index contributed by atoms with van der Waals surface area (Å²) in [5.41, 5.74) is 1.51. The Morgan fingerprint density at radius 2 is 1.04 bits per heavy atom. The highest BCUT2D eigenvalue weighted by atomic mass is 14.9. The van der Waals surface area contributed by atoms with Crippen molar-refractivity contribution in [2.75, 3.05) is 0 Å². The van der Waals surface area contributed by atoms with Gasteiger partial charge < -0.3 is 0 Å². The molecule has 24 heavy (non-hydrogen) atoms. The van der Waals surface area contributed by atoms with Crippen molar-refractivity contribution in [2.45, 2.75) is 117 Å². The molecule has 0 spiro atoms. The van der Waals surface area contributed by atoms with E-state index >= 15 is 0 Å². The molecule has 0 saturated heterocycles. The normalized spacial score (nSPS) is 11.1. The third-order valence-electron chi connectivity index (χ3n) is 5.05. The Hall–Kier alpha value is -0.850. The average Bonchev–Trinajstić information content (AvgIpc) is 2.61. The van der Waals surface area contributed by atoms with Crippen LogP contribution in [0.5, 0.6) is 0 Å². The van der Waals surface area contributed by atoms with Crippen molar-refractivity contribution >= 4 is 0 Å². The van der Waals surface area contributed by atoms with Crippen LogP contribution in [0.4, 0.5) is 0 Å². The van der Waals surface area contributed by atoms with E-state index in [0.717, 1.165) is 0 Å². The predicted molar refractivity (Wildman–Crippen MR) is 106 cm³/mol. The Bertz CT molecular complexity index is 368. The Morgan fingerprint density at radius 3 is 1.58 bits per heavy atom. The van der Waals surface area contributed by atoms with Crippen LogP contribution < -0.4 is 4.57 Å². The van der Waals surface area contributed by atoms with Crippen LogP contribution in [0, 0.1) is 0 Å². The van der Waals surface area contributed by atoms with Gasteiger partial charge in [0.1, 0.15) is 6.54 Å². The van der Waals surface area contributed by atoms with Crippen LogP contribution in [0.1, 0.15) is 109 Å². The highest BCUT2D eigenvalue weighted by molar-refractivity contribution is 5.07. The third-order valence-corrected chi connectivity index (χ3v) is 5.05. The molecule has 0 saturated carbocycles. The van der Waals surface area contributed by atoms with Gasteiger partial charge in [-0.1, -0.05) is 84.5 Å². The number of unbranched alkanes of at least 4 members (excludes halogenated alkanes) is 12. The first-order chi connectivity index (χ1) is 11.9. The summed E-state index contributed by atoms with van der Waals surface area (Å²) in [6, 6.07) is 4.64. The standard InChI is InChI=1S/C23H42N/c1-3-5-7-9-10-11-12-13-14-16-20-24-21-18-23(19-22-24)17-15-8-6-4-2/h18-19,21-22H,3-17,20H2,1-2H3/q+1. The van der Waals surface area contributed by atoms with Crippen molar-refractivity contribution in [3.05, 3.63) is 30.1 Å². The smallest absolute Gasteiger partial charge is 0.169 e. The Balaban J connectivity index is 1.97. The largest absolute Gasteiger partial charge is 0.205 e. The lowest BCUT2D eigenvalue weighted by Gasteiger charge is -2.02. The number of nitrogens with zero attached hydrogens (tertiary/aromatic N) is 1. The van der Waals surface area contributed by atoms with Crippen LogP contribution in [-0.4, -0.2) is 0 Å². The zero-order chi connectivity index (χ0) is 17.3. The van der Waals surface area contributed by atoms with Crippen molar-refractivity contribution in [1.82, 2.24) is 0 Å². The summed E-state index contributed by atoms with van der Waals surface area (Å²) in [6.07, 6.45) is 25.4. The minimum Gasteiger partial charge on any atom is -0.205 e. The van der Waals surface area contributed by atoms with Gasteiger partial charge in [0.2, 0.25) is 0 Å². The zero-order valence-corrected chi connectivity index (χ0v) is 16.6. The molecule has 0 radical (unpaired) electrons. The number of hydrogen-bond donors (Lipinski definition) is 0. The molecule has 0 aliphatic carbocycles. The van der Waals surface area contributed by atoms with Gasteiger partial charge in [-0.3, -0.25) is 0 Å². The van der Waals surface area contributed by atoms with E-state index in [1.54, 1.807) is 0 Å². The number of rotatable bonds is 16. The summed E-state index contributed by atoms with van der Waals surface area (Å²) >= 11 is 0. The molecule has 1 nitrogen and oxygen atoms in total.